The van der Waals surface area contributed by atoms with E-state index in [0.29, 0.717) is 132 Å². The average molecular weight is 1410 g/mol. The molecule has 0 unspecified atom stereocenters. The molecular formula is C65H74Cl3N7O16S3. The van der Waals surface area contributed by atoms with Crippen LogP contribution in [0.1, 0.15) is 68.4 Å². The molecule has 10 rings (SSSR count). The number of ether oxygens (including phenoxy) is 6. The Hall–Kier alpha value is -7.90. The van der Waals surface area contributed by atoms with Gasteiger partial charge in [-0.2, -0.15) is 5.26 Å². The zero-order valence-electron chi connectivity index (χ0n) is 53.2. The van der Waals surface area contributed by atoms with Gasteiger partial charge >= 0.3 is 17.1 Å². The molecule has 1 fully saturated rings. The van der Waals surface area contributed by atoms with Gasteiger partial charge in [0, 0.05) is 40.4 Å². The SMILES string of the molecule is CCOc1cc([C@H](CS(C)(=O)=O)n2c(=O)n(CC#N)c3cc(Cl)ccc32)ccc1OC.CCOc1cc([C@H](CS(C)(=O)=O)n2c(=O)n(CC3CC3)c3cc(Cl)ccc32)ccc1OC.CCOc1cc([C@H](CS(C)(=O)=O)n2c(=O)n(CCO)c3cc(Cl)ccc32)ccc1OC. The van der Waals surface area contributed by atoms with Crippen LogP contribution in [0.4, 0.5) is 0 Å². The molecule has 504 valence electrons. The number of hydrogen-bond acceptors (Lipinski definition) is 17. The highest BCUT2D eigenvalue weighted by molar-refractivity contribution is 7.91. The third-order valence-electron chi connectivity index (χ3n) is 15.4. The van der Waals surface area contributed by atoms with Crippen LogP contribution in [0.25, 0.3) is 33.1 Å². The lowest BCUT2D eigenvalue weighted by molar-refractivity contribution is 0.275. The Morgan fingerprint density at radius 3 is 1.10 bits per heavy atom. The zero-order valence-corrected chi connectivity index (χ0v) is 58.0. The maximum Gasteiger partial charge on any atom is 0.330 e. The van der Waals surface area contributed by atoms with Crippen LogP contribution < -0.4 is 45.5 Å². The van der Waals surface area contributed by atoms with Crippen LogP contribution in [0.2, 0.25) is 15.1 Å². The van der Waals surface area contributed by atoms with Gasteiger partial charge in [0.2, 0.25) is 0 Å². The second-order valence-electron chi connectivity index (χ2n) is 22.4. The Balaban J connectivity index is 0.000000181. The van der Waals surface area contributed by atoms with E-state index in [1.165, 1.54) is 38.7 Å². The second kappa shape index (κ2) is 30.7. The van der Waals surface area contributed by atoms with Gasteiger partial charge in [0.25, 0.3) is 0 Å². The molecule has 29 heteroatoms. The summed E-state index contributed by atoms with van der Waals surface area (Å²) < 4.78 is 116. The molecule has 0 aliphatic heterocycles. The summed E-state index contributed by atoms with van der Waals surface area (Å²) in [5.41, 5.74) is 3.96. The highest BCUT2D eigenvalue weighted by atomic mass is 35.5. The number of hydrogen-bond donors (Lipinski definition) is 1. The minimum absolute atomic E-state index is 0.0566. The Bertz CT molecular complexity index is 4840. The van der Waals surface area contributed by atoms with Crippen molar-refractivity contribution < 1.29 is 58.8 Å². The monoisotopic (exact) mass is 1410 g/mol. The number of aromatic nitrogens is 6. The van der Waals surface area contributed by atoms with Crippen molar-refractivity contribution in [3.8, 4) is 40.6 Å². The van der Waals surface area contributed by atoms with Crippen molar-refractivity contribution in [2.75, 3.05) is 83.8 Å². The van der Waals surface area contributed by atoms with Gasteiger partial charge in [-0.15, -0.1) is 0 Å². The first-order valence-corrected chi connectivity index (χ1v) is 37.1. The molecule has 23 nitrogen and oxygen atoms in total. The summed E-state index contributed by atoms with van der Waals surface area (Å²) in [5, 5.41) is 20.0. The van der Waals surface area contributed by atoms with Crippen LogP contribution in [0, 0.1) is 17.2 Å². The predicted molar refractivity (Wildman–Crippen MR) is 365 cm³/mol. The molecule has 6 aromatic carbocycles. The number of rotatable bonds is 26. The number of halogens is 3. The molecule has 3 atom stereocenters. The molecule has 94 heavy (non-hydrogen) atoms. The molecule has 9 aromatic rings. The number of aliphatic hydroxyl groups is 1. The number of nitrogens with zero attached hydrogens (tertiary/aromatic N) is 7. The number of fused-ring (bicyclic) bond motifs is 3. The highest BCUT2D eigenvalue weighted by Gasteiger charge is 2.32. The van der Waals surface area contributed by atoms with E-state index in [0.717, 1.165) is 25.4 Å². The maximum atomic E-state index is 13.6. The quantitative estimate of drug-likeness (QED) is 0.0528. The first-order valence-electron chi connectivity index (χ1n) is 29.8. The van der Waals surface area contributed by atoms with Gasteiger partial charge in [-0.1, -0.05) is 53.0 Å². The Kier molecular flexibility index (Phi) is 23.5. The van der Waals surface area contributed by atoms with Crippen molar-refractivity contribution >= 4 is 97.4 Å². The standard InChI is InChI=1S/C23H27ClN2O5S.C21H22ClN3O5S.C21H25ClN2O6S/c1-4-31-22-11-16(7-10-21(22)30-2)20(14-32(3,28)29)26-18-9-8-17(24)12-19(18)25(23(26)27)13-15-5-6-15;1-4-30-20-11-14(5-8-19(20)29-2)18(13-31(3,27)28)25-16-7-6-15(22)12-17(16)24(10-9-23)21(25)26;1-4-30-20-11-14(5-8-19(20)29-2)18(13-31(3,27)28)24-16-7-6-15(22)12-17(16)23(9-10-25)21(24)26/h7-12,15,20H,4-6,13-14H2,1-3H3;5-8,11-12,18H,4,10,13H2,1-3H3;5-8,11-12,18,25H,4,9-10,13H2,1-3H3/t20-;2*18-/m000/s1. The van der Waals surface area contributed by atoms with Crippen molar-refractivity contribution in [3.05, 3.63) is 172 Å². The topological polar surface area (TPSA) is 283 Å². The number of benzene rings is 6. The molecule has 0 bridgehead atoms. The van der Waals surface area contributed by atoms with Crippen molar-refractivity contribution in [1.29, 1.82) is 5.26 Å². The van der Waals surface area contributed by atoms with Crippen LogP contribution in [-0.4, -0.2) is 142 Å². The van der Waals surface area contributed by atoms with Crippen molar-refractivity contribution in [1.82, 2.24) is 27.4 Å². The van der Waals surface area contributed by atoms with Crippen LogP contribution >= 0.6 is 34.8 Å². The van der Waals surface area contributed by atoms with Crippen molar-refractivity contribution in [2.45, 2.75) is 71.4 Å². The molecule has 0 amide bonds. The predicted octanol–water partition coefficient (Wildman–Crippen LogP) is 9.42. The molecule has 1 saturated carbocycles. The van der Waals surface area contributed by atoms with E-state index in [-0.39, 0.29) is 42.6 Å². The average Bonchev–Trinajstić information content (AvgIpc) is 1.61. The summed E-state index contributed by atoms with van der Waals surface area (Å²) in [7, 11) is -5.81. The van der Waals surface area contributed by atoms with Gasteiger partial charge < -0.3 is 33.5 Å². The minimum Gasteiger partial charge on any atom is -0.493 e. The Morgan fingerprint density at radius 2 is 0.798 bits per heavy atom. The fraction of sp³-hybridized carbons (Fsp3) is 0.385. The Labute approximate surface area is 559 Å². The van der Waals surface area contributed by atoms with E-state index in [1.54, 1.807) is 125 Å². The van der Waals surface area contributed by atoms with Gasteiger partial charge in [0.1, 0.15) is 36.1 Å². The van der Waals surface area contributed by atoms with E-state index in [9.17, 15) is 50.0 Å². The number of imidazole rings is 3. The van der Waals surface area contributed by atoms with Gasteiger partial charge in [-0.25, -0.2) is 39.6 Å². The summed E-state index contributed by atoms with van der Waals surface area (Å²) in [5.74, 6) is 2.56. The highest BCUT2D eigenvalue weighted by Crippen LogP contribution is 2.38. The number of sulfone groups is 3. The van der Waals surface area contributed by atoms with Crippen LogP contribution in [-0.2, 0) is 49.1 Å². The molecule has 1 aliphatic rings. The third kappa shape index (κ3) is 17.0. The lowest BCUT2D eigenvalue weighted by atomic mass is 10.1. The maximum absolute atomic E-state index is 13.6. The summed E-state index contributed by atoms with van der Waals surface area (Å²) in [4.78, 5) is 40.3. The van der Waals surface area contributed by atoms with Gasteiger partial charge in [0.15, 0.2) is 34.5 Å². The number of aliphatic hydroxyl groups excluding tert-OH is 1. The fourth-order valence-corrected chi connectivity index (χ4v) is 14.5. The van der Waals surface area contributed by atoms with E-state index < -0.39 is 59.0 Å². The molecule has 3 heterocycles. The van der Waals surface area contributed by atoms with E-state index in [2.05, 4.69) is 0 Å². The van der Waals surface area contributed by atoms with E-state index >= 15 is 0 Å². The largest absolute Gasteiger partial charge is 0.493 e. The fourth-order valence-electron chi connectivity index (χ4n) is 11.3. The van der Waals surface area contributed by atoms with Gasteiger partial charge in [0.05, 0.1) is 129 Å². The molecular weight excluding hydrogens is 1340 g/mol. The number of nitriles is 1. The van der Waals surface area contributed by atoms with E-state index in [4.69, 9.17) is 63.2 Å². The minimum atomic E-state index is -3.49. The smallest absolute Gasteiger partial charge is 0.330 e. The van der Waals surface area contributed by atoms with Gasteiger partial charge in [-0.3, -0.25) is 27.4 Å². The van der Waals surface area contributed by atoms with Crippen LogP contribution in [0.5, 0.6) is 34.5 Å². The molecule has 0 radical (unpaired) electrons. The first-order chi connectivity index (χ1) is 44.6. The Morgan fingerprint density at radius 1 is 0.479 bits per heavy atom. The van der Waals surface area contributed by atoms with Crippen LogP contribution in [0.3, 0.4) is 0 Å². The summed E-state index contributed by atoms with van der Waals surface area (Å²) in [6.07, 6.45) is 5.59. The first kappa shape index (κ1) is 71.9. The summed E-state index contributed by atoms with van der Waals surface area (Å²) in [6.45, 7) is 6.93. The van der Waals surface area contributed by atoms with Crippen LogP contribution in [0.15, 0.2) is 124 Å². The molecule has 0 spiro atoms. The lowest BCUT2D eigenvalue weighted by Gasteiger charge is -2.20. The third-order valence-corrected chi connectivity index (χ3v) is 18.9. The molecule has 0 saturated heterocycles. The van der Waals surface area contributed by atoms with E-state index in [1.807, 2.05) is 26.8 Å². The number of methoxy groups -OCH3 is 3. The lowest BCUT2D eigenvalue weighted by Crippen LogP contribution is -2.32. The summed E-state index contributed by atoms with van der Waals surface area (Å²) >= 11 is 18.5. The molecule has 1 N–H and O–H groups in total. The summed E-state index contributed by atoms with van der Waals surface area (Å²) in [6, 6.07) is 30.0. The molecule has 3 aromatic heterocycles. The second-order valence-corrected chi connectivity index (χ2v) is 30.2. The van der Waals surface area contributed by atoms with Crippen molar-refractivity contribution in [2.24, 2.45) is 5.92 Å². The molecule has 1 aliphatic carbocycles. The van der Waals surface area contributed by atoms with Gasteiger partial charge in [-0.05, 0) is 147 Å². The zero-order chi connectivity index (χ0) is 68.6. The van der Waals surface area contributed by atoms with Crippen molar-refractivity contribution in [3.63, 3.8) is 0 Å². The normalized spacial score (nSPS) is 13.5.